The lowest BCUT2D eigenvalue weighted by atomic mass is 9.74. The molecular weight excluding hydrogens is 338 g/mol. The Kier molecular flexibility index (Phi) is 5.70. The molecule has 3 N–H and O–H groups in total. The summed E-state index contributed by atoms with van der Waals surface area (Å²) in [5, 5.41) is 2.87. The number of carbonyl (C=O) groups is 2. The van der Waals surface area contributed by atoms with Crippen molar-refractivity contribution in [2.24, 2.45) is 11.7 Å². The molecule has 1 aliphatic heterocycles. The topological polar surface area (TPSA) is 75.4 Å². The van der Waals surface area contributed by atoms with Gasteiger partial charge in [-0.15, -0.1) is 0 Å². The molecule has 1 heterocycles. The van der Waals surface area contributed by atoms with E-state index in [0.29, 0.717) is 13.1 Å². The maximum atomic E-state index is 13.2. The van der Waals surface area contributed by atoms with Crippen LogP contribution in [0.3, 0.4) is 0 Å². The van der Waals surface area contributed by atoms with Crippen LogP contribution in [0.4, 0.5) is 0 Å². The predicted octanol–water partition coefficient (Wildman–Crippen LogP) is 2.45. The summed E-state index contributed by atoms with van der Waals surface area (Å²) in [6, 6.07) is 7.40. The van der Waals surface area contributed by atoms with Crippen molar-refractivity contribution in [2.75, 3.05) is 13.1 Å². The fraction of sp³-hybridized carbons (Fsp3) is 0.545. The number of nitrogens with zero attached hydrogens (tertiary/aromatic N) is 1. The molecule has 0 aromatic heterocycles. The lowest BCUT2D eigenvalue weighted by Gasteiger charge is -2.41. The third-order valence-electron chi connectivity index (χ3n) is 6.24. The maximum Gasteiger partial charge on any atom is 0.245 e. The van der Waals surface area contributed by atoms with E-state index in [1.807, 2.05) is 18.7 Å². The van der Waals surface area contributed by atoms with Gasteiger partial charge in [0.1, 0.15) is 6.04 Å². The average Bonchev–Trinajstić information content (AvgIpc) is 3.04. The molecule has 2 amide bonds. The number of carbonyl (C=O) groups excluding carboxylic acids is 2. The van der Waals surface area contributed by atoms with Crippen LogP contribution < -0.4 is 11.1 Å². The van der Waals surface area contributed by atoms with Gasteiger partial charge in [-0.1, -0.05) is 56.7 Å². The maximum absolute atomic E-state index is 13.2. The van der Waals surface area contributed by atoms with Crippen LogP contribution in [0.2, 0.25) is 0 Å². The van der Waals surface area contributed by atoms with Gasteiger partial charge in [-0.3, -0.25) is 9.59 Å². The van der Waals surface area contributed by atoms with Gasteiger partial charge in [0.25, 0.3) is 0 Å². The van der Waals surface area contributed by atoms with Crippen molar-refractivity contribution in [1.29, 1.82) is 0 Å². The minimum atomic E-state index is -0.617. The Labute approximate surface area is 162 Å². The van der Waals surface area contributed by atoms with Crippen LogP contribution in [0.5, 0.6) is 0 Å². The number of hydrogen-bond donors (Lipinski definition) is 2. The van der Waals surface area contributed by atoms with Crippen molar-refractivity contribution in [2.45, 2.75) is 57.5 Å². The Bertz CT molecular complexity index is 733. The van der Waals surface area contributed by atoms with Crippen LogP contribution in [0.1, 0.15) is 51.2 Å². The molecule has 5 nitrogen and oxygen atoms in total. The zero-order chi connectivity index (χ0) is 19.6. The molecule has 0 radical (unpaired) electrons. The van der Waals surface area contributed by atoms with E-state index in [-0.39, 0.29) is 23.1 Å². The summed E-state index contributed by atoms with van der Waals surface area (Å²) in [6.45, 7) is 7.10. The second kappa shape index (κ2) is 7.85. The average molecular weight is 370 g/mol. The minimum Gasteiger partial charge on any atom is -0.343 e. The SMILES string of the molecule is CC[C@H](C)[C@H](NC(=O)[C@H](C)N)C(=O)N1CCC2(C=Cc3ccccc32)CC1. The first kappa shape index (κ1) is 19.6. The zero-order valence-electron chi connectivity index (χ0n) is 16.6. The Morgan fingerprint density at radius 2 is 1.89 bits per heavy atom. The van der Waals surface area contributed by atoms with Crippen molar-refractivity contribution < 1.29 is 9.59 Å². The number of rotatable bonds is 5. The molecule has 3 rings (SSSR count). The summed E-state index contributed by atoms with van der Waals surface area (Å²) >= 11 is 0. The van der Waals surface area contributed by atoms with Crippen LogP contribution in [-0.4, -0.2) is 41.9 Å². The van der Waals surface area contributed by atoms with Crippen LogP contribution in [0.25, 0.3) is 6.08 Å². The number of piperidine rings is 1. The number of likely N-dealkylation sites (tertiary alicyclic amines) is 1. The van der Waals surface area contributed by atoms with Crippen molar-refractivity contribution in [3.05, 3.63) is 41.5 Å². The standard InChI is InChI=1S/C22H31N3O2/c1-4-15(2)19(24-20(26)16(3)23)21(27)25-13-11-22(12-14-25)10-9-17-7-5-6-8-18(17)22/h5-10,15-16,19H,4,11-14,23H2,1-3H3,(H,24,26)/t15-,16-,19-/m0/s1. The van der Waals surface area contributed by atoms with Gasteiger partial charge in [-0.2, -0.15) is 0 Å². The molecule has 1 aromatic carbocycles. The summed E-state index contributed by atoms with van der Waals surface area (Å²) in [5.41, 5.74) is 8.40. The molecule has 1 saturated heterocycles. The van der Waals surface area contributed by atoms with Gasteiger partial charge in [0, 0.05) is 18.5 Å². The normalized spacial score (nSPS) is 20.8. The highest BCUT2D eigenvalue weighted by molar-refractivity contribution is 5.89. The van der Waals surface area contributed by atoms with E-state index in [0.717, 1.165) is 19.3 Å². The third-order valence-corrected chi connectivity index (χ3v) is 6.24. The number of hydrogen-bond acceptors (Lipinski definition) is 3. The Hall–Kier alpha value is -2.14. The van der Waals surface area contributed by atoms with Crippen LogP contribution in [0.15, 0.2) is 30.3 Å². The number of nitrogens with one attached hydrogen (secondary N) is 1. The molecule has 1 spiro atoms. The van der Waals surface area contributed by atoms with E-state index >= 15 is 0 Å². The van der Waals surface area contributed by atoms with Crippen molar-refractivity contribution in [3.63, 3.8) is 0 Å². The molecule has 1 fully saturated rings. The van der Waals surface area contributed by atoms with Gasteiger partial charge in [0.2, 0.25) is 11.8 Å². The van der Waals surface area contributed by atoms with Crippen molar-refractivity contribution in [1.82, 2.24) is 10.2 Å². The molecule has 1 aromatic rings. The lowest BCUT2D eigenvalue weighted by molar-refractivity contribution is -0.139. The highest BCUT2D eigenvalue weighted by Crippen LogP contribution is 2.43. The fourth-order valence-electron chi connectivity index (χ4n) is 4.16. The van der Waals surface area contributed by atoms with Crippen molar-refractivity contribution in [3.8, 4) is 0 Å². The van der Waals surface area contributed by atoms with Gasteiger partial charge in [-0.05, 0) is 36.8 Å². The Morgan fingerprint density at radius 1 is 1.22 bits per heavy atom. The van der Waals surface area contributed by atoms with Gasteiger partial charge in [0.05, 0.1) is 6.04 Å². The van der Waals surface area contributed by atoms with Gasteiger partial charge < -0.3 is 16.0 Å². The predicted molar refractivity (Wildman–Crippen MR) is 108 cm³/mol. The molecular formula is C22H31N3O2. The summed E-state index contributed by atoms with van der Waals surface area (Å²) in [6.07, 6.45) is 7.17. The second-order valence-electron chi connectivity index (χ2n) is 8.06. The fourth-order valence-corrected chi connectivity index (χ4v) is 4.16. The van der Waals surface area contributed by atoms with Crippen LogP contribution in [0, 0.1) is 5.92 Å². The summed E-state index contributed by atoms with van der Waals surface area (Å²) in [4.78, 5) is 27.2. The zero-order valence-corrected chi connectivity index (χ0v) is 16.6. The smallest absolute Gasteiger partial charge is 0.245 e. The number of benzene rings is 1. The number of nitrogens with two attached hydrogens (primary N) is 1. The molecule has 0 saturated carbocycles. The molecule has 0 unspecified atom stereocenters. The van der Waals surface area contributed by atoms with Gasteiger partial charge >= 0.3 is 0 Å². The lowest BCUT2D eigenvalue weighted by Crippen LogP contribution is -2.56. The van der Waals surface area contributed by atoms with Gasteiger partial charge in [0.15, 0.2) is 0 Å². The first-order valence-corrected chi connectivity index (χ1v) is 10.0. The van der Waals surface area contributed by atoms with Crippen molar-refractivity contribution >= 4 is 17.9 Å². The van der Waals surface area contributed by atoms with E-state index in [1.165, 1.54) is 11.1 Å². The largest absolute Gasteiger partial charge is 0.343 e. The first-order valence-electron chi connectivity index (χ1n) is 10.0. The summed E-state index contributed by atoms with van der Waals surface area (Å²) in [5.74, 6) is -0.179. The molecule has 1 aliphatic carbocycles. The monoisotopic (exact) mass is 369 g/mol. The quantitative estimate of drug-likeness (QED) is 0.837. The molecule has 2 aliphatic rings. The Balaban J connectivity index is 1.70. The first-order chi connectivity index (χ1) is 12.9. The van der Waals surface area contributed by atoms with E-state index in [2.05, 4.69) is 41.7 Å². The second-order valence-corrected chi connectivity index (χ2v) is 8.06. The highest BCUT2D eigenvalue weighted by atomic mass is 16.2. The number of allylic oxidation sites excluding steroid dienone is 1. The molecule has 5 heteroatoms. The number of amides is 2. The third kappa shape index (κ3) is 3.79. The van der Waals surface area contributed by atoms with E-state index in [9.17, 15) is 9.59 Å². The molecule has 3 atom stereocenters. The number of fused-ring (bicyclic) bond motifs is 2. The minimum absolute atomic E-state index is 0.0171. The van der Waals surface area contributed by atoms with Crippen LogP contribution >= 0.6 is 0 Å². The highest BCUT2D eigenvalue weighted by Gasteiger charge is 2.40. The van der Waals surface area contributed by atoms with Gasteiger partial charge in [-0.25, -0.2) is 0 Å². The van der Waals surface area contributed by atoms with E-state index in [4.69, 9.17) is 5.73 Å². The van der Waals surface area contributed by atoms with E-state index < -0.39 is 12.1 Å². The summed E-state index contributed by atoms with van der Waals surface area (Å²) < 4.78 is 0. The summed E-state index contributed by atoms with van der Waals surface area (Å²) in [7, 11) is 0. The Morgan fingerprint density at radius 3 is 2.52 bits per heavy atom. The molecule has 0 bridgehead atoms. The molecule has 146 valence electrons. The van der Waals surface area contributed by atoms with Crippen LogP contribution in [-0.2, 0) is 15.0 Å². The van der Waals surface area contributed by atoms with E-state index in [1.54, 1.807) is 6.92 Å². The molecule has 27 heavy (non-hydrogen) atoms.